The largest absolute Gasteiger partial charge is 0.507 e. The van der Waals surface area contributed by atoms with Crippen molar-refractivity contribution in [2.75, 3.05) is 76.2 Å². The number of benzene rings is 2. The summed E-state index contributed by atoms with van der Waals surface area (Å²) in [6.45, 7) is 14.6. The summed E-state index contributed by atoms with van der Waals surface area (Å²) in [5, 5.41) is 39.2. The van der Waals surface area contributed by atoms with Crippen LogP contribution in [0, 0.1) is 29.1 Å². The molecule has 5 N–H and O–H groups in total. The molecule has 4 saturated heterocycles. The third-order valence-electron chi connectivity index (χ3n) is 16.3. The number of para-hydroxylation sites is 1. The maximum absolute atomic E-state index is 14.2. The van der Waals surface area contributed by atoms with Crippen molar-refractivity contribution < 1.29 is 24.6 Å². The van der Waals surface area contributed by atoms with Gasteiger partial charge in [-0.3, -0.25) is 19.3 Å². The van der Waals surface area contributed by atoms with Gasteiger partial charge in [0, 0.05) is 87.9 Å². The Morgan fingerprint density at radius 1 is 0.824 bits per heavy atom. The minimum absolute atomic E-state index is 0.0509. The number of rotatable bonds is 12. The van der Waals surface area contributed by atoms with Crippen LogP contribution in [0.2, 0.25) is 0 Å². The number of amides is 3. The lowest BCUT2D eigenvalue weighted by atomic mass is 9.49. The fourth-order valence-corrected chi connectivity index (χ4v) is 12.3. The number of piperidine rings is 2. The van der Waals surface area contributed by atoms with Gasteiger partial charge in [-0.25, -0.2) is 0 Å². The van der Waals surface area contributed by atoms with Crippen molar-refractivity contribution in [1.29, 1.82) is 0 Å². The average molecular weight is 929 g/mol. The molecule has 2 aliphatic carbocycles. The number of carbonyl (C=O) groups is 3. The Balaban J connectivity index is 0.687. The highest BCUT2D eigenvalue weighted by atomic mass is 16.3. The van der Waals surface area contributed by atoms with E-state index in [9.17, 15) is 24.6 Å². The first-order valence-corrected chi connectivity index (χ1v) is 25.1. The van der Waals surface area contributed by atoms with Crippen molar-refractivity contribution in [1.82, 2.24) is 40.4 Å². The number of hydrogen-bond acceptors (Lipinski definition) is 12. The highest BCUT2D eigenvalue weighted by Gasteiger charge is 2.57. The van der Waals surface area contributed by atoms with Crippen molar-refractivity contribution in [2.45, 2.75) is 121 Å². The number of hydrogen-bond donors (Lipinski definition) is 5. The Bertz CT molecular complexity index is 2310. The molecule has 15 nitrogen and oxygen atoms in total. The van der Waals surface area contributed by atoms with Gasteiger partial charge in [-0.05, 0) is 124 Å². The van der Waals surface area contributed by atoms with Gasteiger partial charge in [0.2, 0.25) is 17.7 Å². The van der Waals surface area contributed by atoms with Crippen LogP contribution in [0.3, 0.4) is 0 Å². The zero-order valence-electron chi connectivity index (χ0n) is 40.5. The number of terminal acetylenes is 1. The molecule has 3 aromatic rings. The van der Waals surface area contributed by atoms with E-state index < -0.39 is 23.6 Å². The second-order valence-corrected chi connectivity index (χ2v) is 21.7. The van der Waals surface area contributed by atoms with E-state index in [2.05, 4.69) is 51.7 Å². The fraction of sp³-hybridized carbons (Fsp3) is 0.604. The Hall–Kier alpha value is -5.27. The number of nitrogens with one attached hydrogen (secondary N) is 3. The lowest BCUT2D eigenvalue weighted by Gasteiger charge is -2.60. The van der Waals surface area contributed by atoms with Gasteiger partial charge in [-0.1, -0.05) is 51.0 Å². The van der Waals surface area contributed by atoms with Gasteiger partial charge in [-0.15, -0.1) is 16.6 Å². The van der Waals surface area contributed by atoms with Crippen LogP contribution in [0.5, 0.6) is 5.75 Å². The second-order valence-electron chi connectivity index (χ2n) is 21.7. The van der Waals surface area contributed by atoms with E-state index in [1.807, 2.05) is 76.3 Å². The molecule has 0 unspecified atom stereocenters. The number of aromatic hydroxyl groups is 1. The Morgan fingerprint density at radius 2 is 1.44 bits per heavy atom. The molecule has 3 amide bonds. The molecule has 364 valence electrons. The van der Waals surface area contributed by atoms with Crippen LogP contribution in [0.15, 0.2) is 54.6 Å². The number of aliphatic hydroxyl groups is 1. The summed E-state index contributed by atoms with van der Waals surface area (Å²) in [4.78, 5) is 53.4. The standard InChI is InChI=1S/C53H72N10O5/c1-6-35-11-13-36(14-12-35)33-55-50(67)45-27-41(64)34-63(45)51(68)47(52(2,3)4)56-49(66)37-29-53(30-37)31-40(32-53)60-21-17-38(18-22-60)59-19-15-39(16-20-59)61-23-25-62(26-24-61)44-28-43(57-58-48(44)54-5)42-9-7-8-10-46(42)65/h1,7-14,28,37-41,45,47,64-65H,15-27,29-34H2,2-5H3,(H,54,58)(H,55,67)(H,56,66)/t37-,40-,41-,45+,47-,53?/m1/s1. The molecule has 68 heavy (non-hydrogen) atoms. The van der Waals surface area contributed by atoms with Gasteiger partial charge in [-0.2, -0.15) is 0 Å². The first kappa shape index (κ1) is 47.8. The van der Waals surface area contributed by atoms with E-state index in [0.29, 0.717) is 29.4 Å². The summed E-state index contributed by atoms with van der Waals surface area (Å²) in [6.07, 6.45) is 13.7. The van der Waals surface area contributed by atoms with Crippen LogP contribution in [0.25, 0.3) is 11.3 Å². The van der Waals surface area contributed by atoms with Crippen LogP contribution < -0.4 is 20.9 Å². The van der Waals surface area contributed by atoms with Gasteiger partial charge < -0.3 is 45.8 Å². The Labute approximate surface area is 402 Å². The minimum atomic E-state index is -0.823. The van der Waals surface area contributed by atoms with E-state index in [0.717, 1.165) is 101 Å². The highest BCUT2D eigenvalue weighted by molar-refractivity contribution is 5.93. The number of anilines is 2. The molecule has 2 aromatic carbocycles. The number of carbonyl (C=O) groups excluding carboxylic acids is 3. The lowest BCUT2D eigenvalue weighted by Crippen LogP contribution is -2.62. The minimum Gasteiger partial charge on any atom is -0.507 e. The van der Waals surface area contributed by atoms with Gasteiger partial charge in [0.25, 0.3) is 0 Å². The molecule has 4 aliphatic heterocycles. The van der Waals surface area contributed by atoms with Crippen molar-refractivity contribution in [2.24, 2.45) is 16.7 Å². The molecule has 9 rings (SSSR count). The van der Waals surface area contributed by atoms with Crippen molar-refractivity contribution in [3.05, 3.63) is 65.7 Å². The summed E-state index contributed by atoms with van der Waals surface area (Å²) in [5.74, 6) is 2.69. The third-order valence-corrected chi connectivity index (χ3v) is 16.3. The second kappa shape index (κ2) is 20.0. The number of nitrogens with zero attached hydrogens (tertiary/aromatic N) is 7. The SMILES string of the molecule is C#Cc1ccc(CNC(=O)[C@@H]2C[C@@H](O)CN2C(=O)[C@@H](NC(=O)[C@H]2CC3(C2)C[C@H](N2CCC(N4CCC(N5CCN(c6cc(-c7ccccc7O)nnc6NC)CC5)CC4)CC2)C3)C(C)(C)C)cc1. The molecule has 1 aromatic heterocycles. The molecule has 15 heteroatoms. The highest BCUT2D eigenvalue weighted by Crippen LogP contribution is 2.60. The van der Waals surface area contributed by atoms with E-state index in [-0.39, 0.29) is 54.3 Å². The molecular weight excluding hydrogens is 857 g/mol. The molecule has 3 atom stereocenters. The number of phenolic OH excluding ortho intramolecular Hbond substituents is 1. The molecule has 0 bridgehead atoms. The van der Waals surface area contributed by atoms with Crippen molar-refractivity contribution in [3.63, 3.8) is 0 Å². The van der Waals surface area contributed by atoms with Crippen LogP contribution in [-0.2, 0) is 20.9 Å². The first-order chi connectivity index (χ1) is 32.7. The monoisotopic (exact) mass is 929 g/mol. The van der Waals surface area contributed by atoms with E-state index >= 15 is 0 Å². The molecule has 0 radical (unpaired) electrons. The van der Waals surface area contributed by atoms with Crippen molar-refractivity contribution >= 4 is 29.2 Å². The number of aromatic nitrogens is 2. The third kappa shape index (κ3) is 10.2. The molecule has 2 saturated carbocycles. The number of likely N-dealkylation sites (tertiary alicyclic amines) is 3. The van der Waals surface area contributed by atoms with Crippen LogP contribution in [0.4, 0.5) is 11.5 Å². The smallest absolute Gasteiger partial charge is 0.246 e. The van der Waals surface area contributed by atoms with E-state index in [1.165, 1.54) is 30.6 Å². The van der Waals surface area contributed by atoms with Gasteiger partial charge >= 0.3 is 0 Å². The number of β-amino-alcohol motifs (C(OH)–C–C–N with tert-alkyl or cyclic N) is 1. The normalized spacial score (nSPS) is 26.9. The summed E-state index contributed by atoms with van der Waals surface area (Å²) in [6, 6.07) is 16.9. The molecule has 6 fully saturated rings. The topological polar surface area (TPSA) is 170 Å². The number of piperazine rings is 1. The average Bonchev–Trinajstić information content (AvgIpc) is 3.73. The maximum Gasteiger partial charge on any atom is 0.246 e. The van der Waals surface area contributed by atoms with Gasteiger partial charge in [0.15, 0.2) is 5.82 Å². The Morgan fingerprint density at radius 3 is 2.04 bits per heavy atom. The van der Waals surface area contributed by atoms with E-state index in [1.54, 1.807) is 6.07 Å². The predicted octanol–water partition coefficient (Wildman–Crippen LogP) is 4.29. The summed E-state index contributed by atoms with van der Waals surface area (Å²) < 4.78 is 0. The number of phenols is 1. The summed E-state index contributed by atoms with van der Waals surface area (Å²) in [5.41, 5.74) is 3.65. The van der Waals surface area contributed by atoms with Gasteiger partial charge in [0.1, 0.15) is 17.8 Å². The number of aliphatic hydroxyl groups excluding tert-OH is 1. The summed E-state index contributed by atoms with van der Waals surface area (Å²) in [7, 11) is 1.88. The Kier molecular flexibility index (Phi) is 14.0. The zero-order chi connectivity index (χ0) is 47.7. The quantitative estimate of drug-likeness (QED) is 0.164. The summed E-state index contributed by atoms with van der Waals surface area (Å²) >= 11 is 0. The van der Waals surface area contributed by atoms with Crippen LogP contribution >= 0.6 is 0 Å². The van der Waals surface area contributed by atoms with Crippen molar-refractivity contribution in [3.8, 4) is 29.4 Å². The maximum atomic E-state index is 14.2. The predicted molar refractivity (Wildman–Crippen MR) is 264 cm³/mol. The lowest BCUT2D eigenvalue weighted by molar-refractivity contribution is -0.150. The van der Waals surface area contributed by atoms with Crippen LogP contribution in [0.1, 0.15) is 89.7 Å². The van der Waals surface area contributed by atoms with E-state index in [4.69, 9.17) is 6.42 Å². The van der Waals surface area contributed by atoms with Gasteiger partial charge in [0.05, 0.1) is 17.5 Å². The molecule has 1 spiro atoms. The first-order valence-electron chi connectivity index (χ1n) is 25.1. The zero-order valence-corrected chi connectivity index (χ0v) is 40.5. The van der Waals surface area contributed by atoms with Crippen LogP contribution in [-0.4, -0.2) is 160 Å². The molecule has 6 aliphatic rings. The fourth-order valence-electron chi connectivity index (χ4n) is 12.3. The molecular formula is C53H72N10O5. The molecule has 5 heterocycles.